The van der Waals surface area contributed by atoms with Crippen molar-refractivity contribution in [1.82, 2.24) is 4.90 Å². The van der Waals surface area contributed by atoms with Gasteiger partial charge in [0, 0.05) is 24.3 Å². The van der Waals surface area contributed by atoms with Crippen molar-refractivity contribution in [2.75, 3.05) is 18.4 Å². The molecule has 1 saturated carbocycles. The summed E-state index contributed by atoms with van der Waals surface area (Å²) >= 11 is 0. The molecule has 0 bridgehead atoms. The fourth-order valence-corrected chi connectivity index (χ4v) is 4.09. The lowest BCUT2D eigenvalue weighted by atomic mass is 9.75. The monoisotopic (exact) mass is 358 g/mol. The molecule has 1 N–H and O–H groups in total. The molecule has 0 radical (unpaired) electrons. The molecule has 2 atom stereocenters. The highest BCUT2D eigenvalue weighted by molar-refractivity contribution is 5.95. The number of nitrogens with zero attached hydrogens (tertiary/aromatic N) is 1. The van der Waals surface area contributed by atoms with Crippen molar-refractivity contribution in [2.24, 2.45) is 11.8 Å². The highest BCUT2D eigenvalue weighted by atomic mass is 16.6. The first-order chi connectivity index (χ1) is 12.3. The molecule has 1 aliphatic carbocycles. The van der Waals surface area contributed by atoms with Crippen LogP contribution in [0, 0.1) is 11.8 Å². The molecular weight excluding hydrogens is 328 g/mol. The van der Waals surface area contributed by atoms with Gasteiger partial charge >= 0.3 is 6.09 Å². The van der Waals surface area contributed by atoms with Gasteiger partial charge in [0.1, 0.15) is 5.60 Å². The van der Waals surface area contributed by atoms with Crippen molar-refractivity contribution >= 4 is 17.7 Å². The minimum Gasteiger partial charge on any atom is -0.444 e. The smallest absolute Gasteiger partial charge is 0.412 e. The fraction of sp³-hybridized carbons (Fsp3) is 0.619. The third-order valence-corrected chi connectivity index (χ3v) is 5.36. The second kappa shape index (κ2) is 7.68. The van der Waals surface area contributed by atoms with Crippen LogP contribution in [-0.2, 0) is 4.74 Å². The number of hydrogen-bond acceptors (Lipinski definition) is 3. The van der Waals surface area contributed by atoms with Crippen molar-refractivity contribution in [3.05, 3.63) is 29.8 Å². The van der Waals surface area contributed by atoms with E-state index in [1.54, 1.807) is 24.3 Å². The third-order valence-electron chi connectivity index (χ3n) is 5.36. The maximum atomic E-state index is 12.8. The van der Waals surface area contributed by atoms with Gasteiger partial charge in [-0.2, -0.15) is 0 Å². The molecule has 1 aromatic carbocycles. The molecule has 142 valence electrons. The molecule has 1 saturated heterocycles. The molecule has 0 spiro atoms. The molecule has 1 aliphatic heterocycles. The number of piperidine rings is 1. The van der Waals surface area contributed by atoms with E-state index in [4.69, 9.17) is 4.74 Å². The average molecular weight is 358 g/mol. The molecule has 1 heterocycles. The Labute approximate surface area is 156 Å². The Morgan fingerprint density at radius 2 is 1.69 bits per heavy atom. The first-order valence-corrected chi connectivity index (χ1v) is 9.71. The van der Waals surface area contributed by atoms with Crippen LogP contribution in [0.2, 0.25) is 0 Å². The van der Waals surface area contributed by atoms with Gasteiger partial charge in [-0.05, 0) is 69.7 Å². The highest BCUT2D eigenvalue weighted by Gasteiger charge is 2.33. The molecule has 1 aromatic rings. The summed E-state index contributed by atoms with van der Waals surface area (Å²) in [5.41, 5.74) is 0.765. The van der Waals surface area contributed by atoms with Gasteiger partial charge in [0.2, 0.25) is 0 Å². The predicted molar refractivity (Wildman–Crippen MR) is 102 cm³/mol. The van der Waals surface area contributed by atoms with Crippen LogP contribution >= 0.6 is 0 Å². The van der Waals surface area contributed by atoms with Crippen LogP contribution in [0.5, 0.6) is 0 Å². The quantitative estimate of drug-likeness (QED) is 0.834. The summed E-state index contributed by atoms with van der Waals surface area (Å²) in [5, 5.41) is 2.70. The maximum absolute atomic E-state index is 12.8. The zero-order valence-electron chi connectivity index (χ0n) is 16.1. The number of nitrogens with one attached hydrogen (secondary N) is 1. The number of ether oxygens (including phenoxy) is 1. The Kier molecular flexibility index (Phi) is 5.54. The van der Waals surface area contributed by atoms with E-state index in [1.807, 2.05) is 25.7 Å². The SMILES string of the molecule is CC(C)(C)OC(=O)Nc1ccc(C(=O)N2CC[C@H]3CCCC[C@H]3C2)cc1. The van der Waals surface area contributed by atoms with Crippen molar-refractivity contribution in [3.63, 3.8) is 0 Å². The van der Waals surface area contributed by atoms with E-state index in [1.165, 1.54) is 25.7 Å². The van der Waals surface area contributed by atoms with E-state index < -0.39 is 11.7 Å². The Balaban J connectivity index is 1.58. The lowest BCUT2D eigenvalue weighted by Crippen LogP contribution is -2.44. The summed E-state index contributed by atoms with van der Waals surface area (Å²) in [6.45, 7) is 7.22. The number of anilines is 1. The number of hydrogen-bond donors (Lipinski definition) is 1. The molecule has 3 rings (SSSR count). The normalized spacial score (nSPS) is 23.1. The second-order valence-corrected chi connectivity index (χ2v) is 8.55. The van der Waals surface area contributed by atoms with E-state index >= 15 is 0 Å². The van der Waals surface area contributed by atoms with Gasteiger partial charge in [0.05, 0.1) is 0 Å². The summed E-state index contributed by atoms with van der Waals surface area (Å²) in [4.78, 5) is 26.6. The zero-order chi connectivity index (χ0) is 18.7. The Hall–Kier alpha value is -2.04. The molecule has 0 unspecified atom stereocenters. The van der Waals surface area contributed by atoms with Gasteiger partial charge in [-0.1, -0.05) is 19.3 Å². The second-order valence-electron chi connectivity index (χ2n) is 8.55. The summed E-state index contributed by atoms with van der Waals surface area (Å²) in [6.07, 6.45) is 5.88. The Morgan fingerprint density at radius 1 is 1.04 bits per heavy atom. The van der Waals surface area contributed by atoms with Crippen LogP contribution in [0.25, 0.3) is 0 Å². The molecule has 2 fully saturated rings. The minimum atomic E-state index is -0.536. The van der Waals surface area contributed by atoms with E-state index in [-0.39, 0.29) is 5.91 Å². The molecule has 2 aliphatic rings. The lowest BCUT2D eigenvalue weighted by Gasteiger charge is -2.41. The van der Waals surface area contributed by atoms with E-state index in [0.717, 1.165) is 25.4 Å². The zero-order valence-corrected chi connectivity index (χ0v) is 16.1. The number of carbonyl (C=O) groups is 2. The molecule has 5 nitrogen and oxygen atoms in total. The summed E-state index contributed by atoms with van der Waals surface area (Å²) in [5.74, 6) is 1.58. The fourth-order valence-electron chi connectivity index (χ4n) is 4.09. The number of likely N-dealkylation sites (tertiary alicyclic amines) is 1. The lowest BCUT2D eigenvalue weighted by molar-refractivity contribution is 0.0520. The minimum absolute atomic E-state index is 0.0952. The standard InChI is InChI=1S/C21H30N2O3/c1-21(2,3)26-20(25)22-18-10-8-16(9-11-18)19(24)23-13-12-15-6-4-5-7-17(15)14-23/h8-11,15,17H,4-7,12-14H2,1-3H3,(H,22,25)/t15-,17+/m1/s1. The summed E-state index contributed by atoms with van der Waals surface area (Å²) in [7, 11) is 0. The first kappa shape index (κ1) is 18.7. The number of carbonyl (C=O) groups excluding carboxylic acids is 2. The Morgan fingerprint density at radius 3 is 2.35 bits per heavy atom. The van der Waals surface area contributed by atoms with Gasteiger partial charge in [-0.15, -0.1) is 0 Å². The topological polar surface area (TPSA) is 58.6 Å². The molecule has 5 heteroatoms. The van der Waals surface area contributed by atoms with Gasteiger partial charge in [-0.25, -0.2) is 4.79 Å². The van der Waals surface area contributed by atoms with Gasteiger partial charge in [0.25, 0.3) is 5.91 Å². The van der Waals surface area contributed by atoms with Crippen LogP contribution < -0.4 is 5.32 Å². The molecule has 26 heavy (non-hydrogen) atoms. The molecular formula is C21H30N2O3. The van der Waals surface area contributed by atoms with Crippen molar-refractivity contribution in [3.8, 4) is 0 Å². The third kappa shape index (κ3) is 4.77. The van der Waals surface area contributed by atoms with E-state index in [0.29, 0.717) is 17.2 Å². The Bertz CT molecular complexity index is 648. The predicted octanol–water partition coefficient (Wildman–Crippen LogP) is 4.69. The van der Waals surface area contributed by atoms with Crippen molar-refractivity contribution in [1.29, 1.82) is 0 Å². The van der Waals surface area contributed by atoms with Crippen molar-refractivity contribution in [2.45, 2.75) is 58.5 Å². The van der Waals surface area contributed by atoms with Gasteiger partial charge in [0.15, 0.2) is 0 Å². The van der Waals surface area contributed by atoms with Crippen LogP contribution in [0.3, 0.4) is 0 Å². The number of benzene rings is 1. The molecule has 2 amide bonds. The summed E-state index contributed by atoms with van der Waals surface area (Å²) in [6, 6.07) is 7.07. The highest BCUT2D eigenvalue weighted by Crippen LogP contribution is 2.36. The largest absolute Gasteiger partial charge is 0.444 e. The van der Waals surface area contributed by atoms with Gasteiger partial charge < -0.3 is 9.64 Å². The number of amides is 2. The van der Waals surface area contributed by atoms with Crippen LogP contribution in [0.1, 0.15) is 63.2 Å². The summed E-state index contributed by atoms with van der Waals surface area (Å²) < 4.78 is 5.24. The van der Waals surface area contributed by atoms with Crippen LogP contribution in [0.15, 0.2) is 24.3 Å². The van der Waals surface area contributed by atoms with E-state index in [9.17, 15) is 9.59 Å². The van der Waals surface area contributed by atoms with Crippen LogP contribution in [-0.4, -0.2) is 35.6 Å². The van der Waals surface area contributed by atoms with Crippen molar-refractivity contribution < 1.29 is 14.3 Å². The maximum Gasteiger partial charge on any atom is 0.412 e. The van der Waals surface area contributed by atoms with Crippen LogP contribution in [0.4, 0.5) is 10.5 Å². The number of fused-ring (bicyclic) bond motifs is 1. The average Bonchev–Trinajstić information content (AvgIpc) is 2.59. The van der Waals surface area contributed by atoms with Gasteiger partial charge in [-0.3, -0.25) is 10.1 Å². The van der Waals surface area contributed by atoms with E-state index in [2.05, 4.69) is 5.32 Å². The molecule has 0 aromatic heterocycles. The number of rotatable bonds is 2. The first-order valence-electron chi connectivity index (χ1n) is 9.71.